The van der Waals surface area contributed by atoms with Crippen LogP contribution in [0.15, 0.2) is 18.2 Å². The molecule has 3 heteroatoms. The second kappa shape index (κ2) is 6.21. The molecule has 2 N–H and O–H groups in total. The molecule has 1 aromatic rings. The first-order valence-electron chi connectivity index (χ1n) is 6.72. The molecular weight excluding hydrogens is 226 g/mol. The lowest BCUT2D eigenvalue weighted by atomic mass is 9.94. The predicted molar refractivity (Wildman–Crippen MR) is 72.9 cm³/mol. The Kier molecular flexibility index (Phi) is 4.61. The van der Waals surface area contributed by atoms with E-state index in [-0.39, 0.29) is 6.04 Å². The van der Waals surface area contributed by atoms with Gasteiger partial charge in [0.2, 0.25) is 0 Å². The monoisotopic (exact) mass is 249 g/mol. The van der Waals surface area contributed by atoms with Crippen LogP contribution in [0.2, 0.25) is 0 Å². The molecule has 0 spiro atoms. The molecule has 1 aliphatic heterocycles. The van der Waals surface area contributed by atoms with E-state index < -0.39 is 0 Å². The summed E-state index contributed by atoms with van der Waals surface area (Å²) in [5.41, 5.74) is 8.69. The van der Waals surface area contributed by atoms with E-state index >= 15 is 0 Å². The maximum Gasteiger partial charge on any atom is 0.119 e. The maximum atomic E-state index is 6.30. The lowest BCUT2D eigenvalue weighted by Gasteiger charge is -2.26. The van der Waals surface area contributed by atoms with Crippen molar-refractivity contribution < 1.29 is 9.47 Å². The fourth-order valence-corrected chi connectivity index (χ4v) is 2.59. The van der Waals surface area contributed by atoms with Crippen molar-refractivity contribution in [3.05, 3.63) is 29.3 Å². The van der Waals surface area contributed by atoms with E-state index in [4.69, 9.17) is 15.2 Å². The Morgan fingerprint density at radius 1 is 1.44 bits per heavy atom. The summed E-state index contributed by atoms with van der Waals surface area (Å²) >= 11 is 0. The van der Waals surface area contributed by atoms with E-state index in [0.717, 1.165) is 25.2 Å². The van der Waals surface area contributed by atoms with Gasteiger partial charge in [0.25, 0.3) is 0 Å². The third kappa shape index (κ3) is 3.24. The standard InChI is InChI=1S/C15H23NO2/c1-11-9-12(17-2)6-7-14(11)15(16)10-13-5-3-4-8-18-13/h6-7,9,13,15H,3-5,8,10,16H2,1-2H3. The number of rotatable bonds is 4. The molecule has 2 atom stereocenters. The summed E-state index contributed by atoms with van der Waals surface area (Å²) in [7, 11) is 1.68. The van der Waals surface area contributed by atoms with Gasteiger partial charge in [0.1, 0.15) is 5.75 Å². The van der Waals surface area contributed by atoms with Gasteiger partial charge in [-0.1, -0.05) is 6.07 Å². The van der Waals surface area contributed by atoms with Crippen molar-refractivity contribution in [1.29, 1.82) is 0 Å². The van der Waals surface area contributed by atoms with Gasteiger partial charge < -0.3 is 15.2 Å². The van der Waals surface area contributed by atoms with Crippen LogP contribution in [0.4, 0.5) is 0 Å². The van der Waals surface area contributed by atoms with Crippen LogP contribution in [0.3, 0.4) is 0 Å². The molecule has 0 bridgehead atoms. The average molecular weight is 249 g/mol. The largest absolute Gasteiger partial charge is 0.497 e. The summed E-state index contributed by atoms with van der Waals surface area (Å²) in [4.78, 5) is 0. The highest BCUT2D eigenvalue weighted by atomic mass is 16.5. The second-order valence-electron chi connectivity index (χ2n) is 5.05. The molecule has 2 unspecified atom stereocenters. The number of hydrogen-bond donors (Lipinski definition) is 1. The number of benzene rings is 1. The molecular formula is C15H23NO2. The number of nitrogens with two attached hydrogens (primary N) is 1. The molecule has 1 aliphatic rings. The molecule has 2 rings (SSSR count). The van der Waals surface area contributed by atoms with Crippen LogP contribution in [0.1, 0.15) is 42.9 Å². The Balaban J connectivity index is 2.01. The smallest absolute Gasteiger partial charge is 0.119 e. The summed E-state index contributed by atoms with van der Waals surface area (Å²) in [5, 5.41) is 0. The first kappa shape index (κ1) is 13.4. The summed E-state index contributed by atoms with van der Waals surface area (Å²) in [6.45, 7) is 2.97. The van der Waals surface area contributed by atoms with Crippen LogP contribution in [0.25, 0.3) is 0 Å². The molecule has 0 amide bonds. The van der Waals surface area contributed by atoms with Gasteiger partial charge in [-0.25, -0.2) is 0 Å². The zero-order chi connectivity index (χ0) is 13.0. The van der Waals surface area contributed by atoms with Crippen molar-refractivity contribution in [2.45, 2.75) is 44.8 Å². The van der Waals surface area contributed by atoms with Crippen molar-refractivity contribution in [1.82, 2.24) is 0 Å². The molecule has 100 valence electrons. The lowest BCUT2D eigenvalue weighted by molar-refractivity contribution is 0.00727. The van der Waals surface area contributed by atoms with E-state index in [1.54, 1.807) is 7.11 Å². The van der Waals surface area contributed by atoms with Gasteiger partial charge in [-0.05, 0) is 55.9 Å². The lowest BCUT2D eigenvalue weighted by Crippen LogP contribution is -2.25. The van der Waals surface area contributed by atoms with Crippen molar-refractivity contribution in [3.8, 4) is 5.75 Å². The highest BCUT2D eigenvalue weighted by Crippen LogP contribution is 2.27. The Hall–Kier alpha value is -1.06. The molecule has 3 nitrogen and oxygen atoms in total. The average Bonchev–Trinajstić information content (AvgIpc) is 2.39. The molecule has 1 fully saturated rings. The molecule has 18 heavy (non-hydrogen) atoms. The normalized spacial score (nSPS) is 21.6. The predicted octanol–water partition coefficient (Wildman–Crippen LogP) is 2.96. The third-order valence-electron chi connectivity index (χ3n) is 3.67. The van der Waals surface area contributed by atoms with Crippen LogP contribution in [0, 0.1) is 6.92 Å². The van der Waals surface area contributed by atoms with E-state index in [9.17, 15) is 0 Å². The second-order valence-corrected chi connectivity index (χ2v) is 5.05. The van der Waals surface area contributed by atoms with Crippen molar-refractivity contribution >= 4 is 0 Å². The minimum absolute atomic E-state index is 0.0546. The SMILES string of the molecule is COc1ccc(C(N)CC2CCCCO2)c(C)c1. The van der Waals surface area contributed by atoms with Crippen LogP contribution in [-0.2, 0) is 4.74 Å². The number of aryl methyl sites for hydroxylation is 1. The minimum atomic E-state index is 0.0546. The molecule has 0 saturated carbocycles. The van der Waals surface area contributed by atoms with Gasteiger partial charge in [0.15, 0.2) is 0 Å². The van der Waals surface area contributed by atoms with Gasteiger partial charge in [-0.3, -0.25) is 0 Å². The first-order chi connectivity index (χ1) is 8.70. The van der Waals surface area contributed by atoms with Crippen molar-refractivity contribution in [2.24, 2.45) is 5.73 Å². The number of ether oxygens (including phenoxy) is 2. The summed E-state index contributed by atoms with van der Waals surface area (Å²) < 4.78 is 11.0. The van der Waals surface area contributed by atoms with Crippen LogP contribution in [0.5, 0.6) is 5.75 Å². The van der Waals surface area contributed by atoms with Gasteiger partial charge in [-0.2, -0.15) is 0 Å². The quantitative estimate of drug-likeness (QED) is 0.892. The Labute approximate surface area is 109 Å². The summed E-state index contributed by atoms with van der Waals surface area (Å²) in [5.74, 6) is 0.886. The van der Waals surface area contributed by atoms with Gasteiger partial charge in [0, 0.05) is 12.6 Å². The molecule has 0 radical (unpaired) electrons. The summed E-state index contributed by atoms with van der Waals surface area (Å²) in [6.07, 6.45) is 4.83. The number of hydrogen-bond acceptors (Lipinski definition) is 3. The fraction of sp³-hybridized carbons (Fsp3) is 0.600. The highest BCUT2D eigenvalue weighted by molar-refractivity contribution is 5.36. The Morgan fingerprint density at radius 3 is 2.89 bits per heavy atom. The zero-order valence-corrected chi connectivity index (χ0v) is 11.3. The third-order valence-corrected chi connectivity index (χ3v) is 3.67. The van der Waals surface area contributed by atoms with E-state index in [1.807, 2.05) is 12.1 Å². The van der Waals surface area contributed by atoms with Crippen LogP contribution < -0.4 is 10.5 Å². The Bertz CT molecular complexity index is 386. The van der Waals surface area contributed by atoms with E-state index in [0.29, 0.717) is 6.10 Å². The molecule has 0 aromatic heterocycles. The maximum absolute atomic E-state index is 6.30. The molecule has 1 heterocycles. The van der Waals surface area contributed by atoms with Crippen LogP contribution >= 0.6 is 0 Å². The van der Waals surface area contributed by atoms with Gasteiger partial charge >= 0.3 is 0 Å². The van der Waals surface area contributed by atoms with Crippen molar-refractivity contribution in [2.75, 3.05) is 13.7 Å². The van der Waals surface area contributed by atoms with Crippen LogP contribution in [-0.4, -0.2) is 19.8 Å². The highest BCUT2D eigenvalue weighted by Gasteiger charge is 2.19. The first-order valence-corrected chi connectivity index (χ1v) is 6.72. The van der Waals surface area contributed by atoms with Gasteiger partial charge in [0.05, 0.1) is 13.2 Å². The van der Waals surface area contributed by atoms with E-state index in [2.05, 4.69) is 13.0 Å². The van der Waals surface area contributed by atoms with Gasteiger partial charge in [-0.15, -0.1) is 0 Å². The fourth-order valence-electron chi connectivity index (χ4n) is 2.59. The molecule has 1 saturated heterocycles. The van der Waals surface area contributed by atoms with E-state index in [1.165, 1.54) is 24.0 Å². The Morgan fingerprint density at radius 2 is 2.28 bits per heavy atom. The molecule has 0 aliphatic carbocycles. The molecule has 1 aromatic carbocycles. The number of methoxy groups -OCH3 is 1. The van der Waals surface area contributed by atoms with Crippen molar-refractivity contribution in [3.63, 3.8) is 0 Å². The topological polar surface area (TPSA) is 44.5 Å². The zero-order valence-electron chi connectivity index (χ0n) is 11.3. The summed E-state index contributed by atoms with van der Waals surface area (Å²) in [6, 6.07) is 6.14. The minimum Gasteiger partial charge on any atom is -0.497 e.